The highest BCUT2D eigenvalue weighted by atomic mass is 16.5. The van der Waals surface area contributed by atoms with E-state index in [2.05, 4.69) is 42.6 Å². The minimum absolute atomic E-state index is 0.298. The van der Waals surface area contributed by atoms with E-state index < -0.39 is 0 Å². The van der Waals surface area contributed by atoms with Gasteiger partial charge in [-0.15, -0.1) is 0 Å². The number of nitrogens with zero attached hydrogens (tertiary/aromatic N) is 5. The third kappa shape index (κ3) is 4.86. The van der Waals surface area contributed by atoms with E-state index in [-0.39, 0.29) is 0 Å². The van der Waals surface area contributed by atoms with Crippen molar-refractivity contribution in [1.82, 2.24) is 25.1 Å². The van der Waals surface area contributed by atoms with Crippen LogP contribution < -0.4 is 15.4 Å². The second kappa shape index (κ2) is 7.98. The number of rotatable bonds is 9. The molecule has 2 aromatic heterocycles. The Morgan fingerprint density at radius 3 is 2.48 bits per heavy atom. The Bertz CT molecular complexity index is 532. The van der Waals surface area contributed by atoms with Gasteiger partial charge in [-0.05, 0) is 13.3 Å². The lowest BCUT2D eigenvalue weighted by atomic mass is 10.4. The molecule has 114 valence electrons. The Labute approximate surface area is 122 Å². The lowest BCUT2D eigenvalue weighted by molar-refractivity contribution is 0.312. The van der Waals surface area contributed by atoms with Crippen LogP contribution in [-0.4, -0.2) is 44.8 Å². The average molecular weight is 293 g/mol. The summed E-state index contributed by atoms with van der Waals surface area (Å²) < 4.78 is 10.3. The number of hydrogen-bond acceptors (Lipinski definition) is 9. The van der Waals surface area contributed by atoms with Gasteiger partial charge in [0, 0.05) is 19.5 Å². The average Bonchev–Trinajstić information content (AvgIpc) is 2.99. The SMILES string of the molecule is CCCNc1nc(NCCc2ncno2)nc(OCC)n1. The summed E-state index contributed by atoms with van der Waals surface area (Å²) >= 11 is 0. The predicted octanol–water partition coefficient (Wildman–Crippen LogP) is 1.13. The maximum atomic E-state index is 5.34. The second-order valence-corrected chi connectivity index (χ2v) is 4.14. The van der Waals surface area contributed by atoms with E-state index in [1.54, 1.807) is 0 Å². The van der Waals surface area contributed by atoms with Crippen LogP contribution >= 0.6 is 0 Å². The van der Waals surface area contributed by atoms with Crippen LogP contribution in [0, 0.1) is 0 Å². The van der Waals surface area contributed by atoms with Gasteiger partial charge < -0.3 is 19.9 Å². The summed E-state index contributed by atoms with van der Waals surface area (Å²) in [5.41, 5.74) is 0. The smallest absolute Gasteiger partial charge is 0.323 e. The molecule has 0 bridgehead atoms. The fourth-order valence-electron chi connectivity index (χ4n) is 1.53. The van der Waals surface area contributed by atoms with E-state index in [9.17, 15) is 0 Å². The van der Waals surface area contributed by atoms with Crippen LogP contribution in [0.4, 0.5) is 11.9 Å². The van der Waals surface area contributed by atoms with Gasteiger partial charge in [0.15, 0.2) is 6.33 Å². The Morgan fingerprint density at radius 1 is 1.10 bits per heavy atom. The van der Waals surface area contributed by atoms with Crippen molar-refractivity contribution in [2.45, 2.75) is 26.7 Å². The van der Waals surface area contributed by atoms with Crippen molar-refractivity contribution < 1.29 is 9.26 Å². The van der Waals surface area contributed by atoms with Crippen molar-refractivity contribution in [2.24, 2.45) is 0 Å². The van der Waals surface area contributed by atoms with Crippen LogP contribution in [-0.2, 0) is 6.42 Å². The van der Waals surface area contributed by atoms with Crippen molar-refractivity contribution in [3.05, 3.63) is 12.2 Å². The minimum atomic E-state index is 0.298. The molecule has 0 aliphatic heterocycles. The van der Waals surface area contributed by atoms with Gasteiger partial charge in [-0.1, -0.05) is 12.1 Å². The van der Waals surface area contributed by atoms with Crippen molar-refractivity contribution >= 4 is 11.9 Å². The predicted molar refractivity (Wildman–Crippen MR) is 76.3 cm³/mol. The zero-order chi connectivity index (χ0) is 14.9. The van der Waals surface area contributed by atoms with E-state index in [1.807, 2.05) is 6.92 Å². The Morgan fingerprint density at radius 2 is 1.86 bits per heavy atom. The van der Waals surface area contributed by atoms with Crippen LogP contribution in [0.5, 0.6) is 6.01 Å². The fourth-order valence-corrected chi connectivity index (χ4v) is 1.53. The molecule has 2 rings (SSSR count). The highest BCUT2D eigenvalue weighted by molar-refractivity contribution is 5.35. The number of nitrogens with one attached hydrogen (secondary N) is 2. The van der Waals surface area contributed by atoms with Gasteiger partial charge in [-0.3, -0.25) is 0 Å². The molecule has 0 unspecified atom stereocenters. The summed E-state index contributed by atoms with van der Waals surface area (Å²) in [6, 6.07) is 0.298. The van der Waals surface area contributed by atoms with Crippen molar-refractivity contribution in [1.29, 1.82) is 0 Å². The first-order valence-electron chi connectivity index (χ1n) is 6.94. The van der Waals surface area contributed by atoms with Crippen LogP contribution in [0.1, 0.15) is 26.2 Å². The van der Waals surface area contributed by atoms with Crippen LogP contribution in [0.25, 0.3) is 0 Å². The van der Waals surface area contributed by atoms with Crippen molar-refractivity contribution in [3.63, 3.8) is 0 Å². The van der Waals surface area contributed by atoms with Gasteiger partial charge in [0.2, 0.25) is 17.8 Å². The molecular formula is C12H19N7O2. The van der Waals surface area contributed by atoms with Gasteiger partial charge >= 0.3 is 6.01 Å². The zero-order valence-electron chi connectivity index (χ0n) is 12.2. The number of ether oxygens (including phenoxy) is 1. The highest BCUT2D eigenvalue weighted by Gasteiger charge is 2.07. The molecule has 9 heteroatoms. The van der Waals surface area contributed by atoms with E-state index >= 15 is 0 Å². The summed E-state index contributed by atoms with van der Waals surface area (Å²) in [4.78, 5) is 16.6. The molecule has 0 spiro atoms. The van der Waals surface area contributed by atoms with Crippen LogP contribution in [0.15, 0.2) is 10.9 Å². The van der Waals surface area contributed by atoms with E-state index in [0.717, 1.165) is 13.0 Å². The molecule has 0 saturated heterocycles. The summed E-state index contributed by atoms with van der Waals surface area (Å²) in [5.74, 6) is 1.51. The zero-order valence-corrected chi connectivity index (χ0v) is 12.2. The van der Waals surface area contributed by atoms with Gasteiger partial charge in [0.25, 0.3) is 0 Å². The summed E-state index contributed by atoms with van der Waals surface area (Å²) in [7, 11) is 0. The van der Waals surface area contributed by atoms with Crippen molar-refractivity contribution in [3.8, 4) is 6.01 Å². The van der Waals surface area contributed by atoms with Gasteiger partial charge in [0.1, 0.15) is 0 Å². The standard InChI is InChI=1S/C12H19N7O2/c1-3-6-13-10-17-11(19-12(18-10)20-4-2)14-7-5-9-15-8-16-21-9/h8H,3-7H2,1-2H3,(H2,13,14,17,18,19). The number of hydrogen-bond donors (Lipinski definition) is 2. The number of aromatic nitrogens is 5. The molecule has 0 atom stereocenters. The van der Waals surface area contributed by atoms with E-state index in [0.29, 0.717) is 43.4 Å². The first kappa shape index (κ1) is 14.9. The second-order valence-electron chi connectivity index (χ2n) is 4.14. The first-order valence-corrected chi connectivity index (χ1v) is 6.94. The molecule has 2 heterocycles. The lowest BCUT2D eigenvalue weighted by Gasteiger charge is -2.09. The molecule has 0 aliphatic rings. The molecule has 0 amide bonds. The van der Waals surface area contributed by atoms with Gasteiger partial charge in [-0.2, -0.15) is 19.9 Å². The number of anilines is 2. The molecular weight excluding hydrogens is 274 g/mol. The first-order chi connectivity index (χ1) is 10.3. The van der Waals surface area contributed by atoms with Crippen LogP contribution in [0.2, 0.25) is 0 Å². The Hall–Kier alpha value is -2.45. The Kier molecular flexibility index (Phi) is 5.68. The molecule has 2 aromatic rings. The van der Waals surface area contributed by atoms with Gasteiger partial charge in [-0.25, -0.2) is 0 Å². The molecule has 0 aromatic carbocycles. The third-order valence-corrected chi connectivity index (χ3v) is 2.45. The van der Waals surface area contributed by atoms with Crippen molar-refractivity contribution in [2.75, 3.05) is 30.3 Å². The minimum Gasteiger partial charge on any atom is -0.464 e. The molecule has 0 aliphatic carbocycles. The molecule has 0 radical (unpaired) electrons. The summed E-state index contributed by atoms with van der Waals surface area (Å²) in [6.07, 6.45) is 2.95. The quantitative estimate of drug-likeness (QED) is 0.702. The van der Waals surface area contributed by atoms with E-state index in [4.69, 9.17) is 9.26 Å². The lowest BCUT2D eigenvalue weighted by Crippen LogP contribution is -2.13. The molecule has 21 heavy (non-hydrogen) atoms. The molecule has 0 saturated carbocycles. The highest BCUT2D eigenvalue weighted by Crippen LogP contribution is 2.11. The largest absolute Gasteiger partial charge is 0.464 e. The summed E-state index contributed by atoms with van der Waals surface area (Å²) in [6.45, 7) is 5.81. The molecule has 2 N–H and O–H groups in total. The molecule has 9 nitrogen and oxygen atoms in total. The monoisotopic (exact) mass is 293 g/mol. The summed E-state index contributed by atoms with van der Waals surface area (Å²) in [5, 5.41) is 9.75. The maximum Gasteiger partial charge on any atom is 0.323 e. The Balaban J connectivity index is 1.97. The topological polar surface area (TPSA) is 111 Å². The normalized spacial score (nSPS) is 10.4. The van der Waals surface area contributed by atoms with Gasteiger partial charge in [0.05, 0.1) is 6.61 Å². The fraction of sp³-hybridized carbons (Fsp3) is 0.583. The third-order valence-electron chi connectivity index (χ3n) is 2.45. The van der Waals surface area contributed by atoms with E-state index in [1.165, 1.54) is 6.33 Å². The maximum absolute atomic E-state index is 5.34. The van der Waals surface area contributed by atoms with Crippen LogP contribution in [0.3, 0.4) is 0 Å². The molecule has 0 fully saturated rings.